The molecular weight excluding hydrogens is 316 g/mol. The molecule has 3 aromatic rings. The van der Waals surface area contributed by atoms with Crippen molar-refractivity contribution in [3.8, 4) is 11.5 Å². The molecule has 2 heterocycles. The Bertz CT molecular complexity index is 1000. The van der Waals surface area contributed by atoms with E-state index in [0.29, 0.717) is 32.9 Å². The first-order chi connectivity index (χ1) is 11.1. The first-order valence-electron chi connectivity index (χ1n) is 6.91. The Morgan fingerprint density at radius 1 is 1.22 bits per heavy atom. The summed E-state index contributed by atoms with van der Waals surface area (Å²) in [4.78, 5) is 20.1. The molecule has 0 radical (unpaired) electrons. The molecule has 0 atom stereocenters. The van der Waals surface area contributed by atoms with Crippen LogP contribution in [0.4, 0.5) is 5.69 Å². The number of nitrogens with zero attached hydrogens (tertiary/aromatic N) is 1. The largest absolute Gasteiger partial charge is 0.505 e. The molecule has 0 bridgehead atoms. The Balaban J connectivity index is 1.92. The highest BCUT2D eigenvalue weighted by molar-refractivity contribution is 6.56. The number of aliphatic imine (C=N–C) groups is 1. The highest BCUT2D eigenvalue weighted by Crippen LogP contribution is 2.39. The van der Waals surface area contributed by atoms with E-state index < -0.39 is 0 Å². The number of fused-ring (bicyclic) bond motifs is 2. The fourth-order valence-electron chi connectivity index (χ4n) is 2.81. The van der Waals surface area contributed by atoms with Gasteiger partial charge in [-0.25, -0.2) is 4.99 Å². The van der Waals surface area contributed by atoms with E-state index in [1.54, 1.807) is 36.4 Å². The topological polar surface area (TPSA) is 74.7 Å². The number of halogens is 1. The summed E-state index contributed by atoms with van der Waals surface area (Å²) in [6.45, 7) is 0. The smallest absolute Gasteiger partial charge is 0.219 e. The fourth-order valence-corrected chi connectivity index (χ4v) is 3.03. The number of aromatic amines is 1. The zero-order chi connectivity index (χ0) is 16.1. The van der Waals surface area contributed by atoms with E-state index in [2.05, 4.69) is 9.98 Å². The molecule has 6 heteroatoms. The first-order valence-corrected chi connectivity index (χ1v) is 7.29. The summed E-state index contributed by atoms with van der Waals surface area (Å²) in [5.74, 6) is 0.122. The minimum atomic E-state index is -0.296. The molecule has 1 aromatic heterocycles. The molecule has 0 aliphatic carbocycles. The van der Waals surface area contributed by atoms with Gasteiger partial charge in [0, 0.05) is 5.39 Å². The van der Waals surface area contributed by atoms with Gasteiger partial charge in [0.25, 0.3) is 0 Å². The number of hydrogen-bond acceptors (Lipinski definition) is 4. The third-order valence-electron chi connectivity index (χ3n) is 3.89. The molecule has 0 spiro atoms. The highest BCUT2D eigenvalue weighted by Gasteiger charge is 2.32. The van der Waals surface area contributed by atoms with Crippen molar-refractivity contribution < 1.29 is 14.6 Å². The monoisotopic (exact) mass is 326 g/mol. The van der Waals surface area contributed by atoms with Crippen LogP contribution in [0.2, 0.25) is 5.02 Å². The summed E-state index contributed by atoms with van der Waals surface area (Å²) in [6.07, 6.45) is 0. The summed E-state index contributed by atoms with van der Waals surface area (Å²) in [6, 6.07) is 10.4. The Hall–Kier alpha value is -2.79. The number of aromatic hydroxyl groups is 1. The Labute approximate surface area is 136 Å². The van der Waals surface area contributed by atoms with E-state index in [1.165, 1.54) is 7.11 Å². The number of rotatable bonds is 2. The maximum absolute atomic E-state index is 12.7. The minimum Gasteiger partial charge on any atom is -0.505 e. The Kier molecular flexibility index (Phi) is 2.92. The number of Topliss-reactive ketones (excluding diaryl/α,β-unsaturated/α-hetero) is 1. The van der Waals surface area contributed by atoms with Gasteiger partial charge in [-0.05, 0) is 24.3 Å². The van der Waals surface area contributed by atoms with Crippen molar-refractivity contribution in [3.05, 3.63) is 52.7 Å². The van der Waals surface area contributed by atoms with Crippen molar-refractivity contribution in [2.45, 2.75) is 0 Å². The minimum absolute atomic E-state index is 0.0404. The van der Waals surface area contributed by atoms with Gasteiger partial charge in [0.1, 0.15) is 17.2 Å². The van der Waals surface area contributed by atoms with Crippen LogP contribution in [-0.2, 0) is 0 Å². The third kappa shape index (κ3) is 1.87. The van der Waals surface area contributed by atoms with Crippen LogP contribution in [-0.4, -0.2) is 28.7 Å². The highest BCUT2D eigenvalue weighted by atomic mass is 35.5. The molecule has 1 aliphatic rings. The molecule has 2 aromatic carbocycles. The number of carbonyl (C=O) groups is 1. The quantitative estimate of drug-likeness (QED) is 0.751. The first kappa shape index (κ1) is 13.8. The van der Waals surface area contributed by atoms with Gasteiger partial charge in [0.15, 0.2) is 5.75 Å². The molecule has 23 heavy (non-hydrogen) atoms. The summed E-state index contributed by atoms with van der Waals surface area (Å²) in [5.41, 5.74) is 1.90. The summed E-state index contributed by atoms with van der Waals surface area (Å²) in [7, 11) is 1.50. The number of para-hydroxylation sites is 1. The lowest BCUT2D eigenvalue weighted by atomic mass is 10.1. The van der Waals surface area contributed by atoms with Crippen molar-refractivity contribution in [3.63, 3.8) is 0 Å². The predicted octanol–water partition coefficient (Wildman–Crippen LogP) is 3.85. The maximum atomic E-state index is 12.7. The van der Waals surface area contributed by atoms with Crippen LogP contribution >= 0.6 is 11.6 Å². The second-order valence-electron chi connectivity index (χ2n) is 5.15. The predicted molar refractivity (Wildman–Crippen MR) is 88.5 cm³/mol. The van der Waals surface area contributed by atoms with E-state index in [9.17, 15) is 9.90 Å². The lowest BCUT2D eigenvalue weighted by molar-refractivity contribution is 0.106. The second-order valence-corrected chi connectivity index (χ2v) is 5.56. The molecule has 0 fully saturated rings. The van der Waals surface area contributed by atoms with Gasteiger partial charge in [-0.2, -0.15) is 0 Å². The van der Waals surface area contributed by atoms with Crippen LogP contribution < -0.4 is 4.74 Å². The molecule has 0 unspecified atom stereocenters. The molecule has 0 amide bonds. The van der Waals surface area contributed by atoms with E-state index in [0.717, 1.165) is 0 Å². The van der Waals surface area contributed by atoms with Gasteiger partial charge < -0.3 is 14.8 Å². The zero-order valence-corrected chi connectivity index (χ0v) is 12.8. The normalized spacial score (nSPS) is 13.3. The number of ketones is 1. The van der Waals surface area contributed by atoms with E-state index in [4.69, 9.17) is 16.3 Å². The van der Waals surface area contributed by atoms with Crippen molar-refractivity contribution in [2.75, 3.05) is 7.11 Å². The van der Waals surface area contributed by atoms with Crippen molar-refractivity contribution >= 4 is 39.7 Å². The number of benzene rings is 2. The Morgan fingerprint density at radius 3 is 2.74 bits per heavy atom. The number of ether oxygens (including phenoxy) is 1. The lowest BCUT2D eigenvalue weighted by Crippen LogP contribution is -2.12. The number of H-pyrrole nitrogens is 1. The average Bonchev–Trinajstić information content (AvgIpc) is 3.07. The van der Waals surface area contributed by atoms with E-state index >= 15 is 0 Å². The Morgan fingerprint density at radius 2 is 2.00 bits per heavy atom. The number of methoxy groups -OCH3 is 1. The average molecular weight is 327 g/mol. The van der Waals surface area contributed by atoms with Gasteiger partial charge in [0.2, 0.25) is 5.78 Å². The van der Waals surface area contributed by atoms with Gasteiger partial charge in [-0.1, -0.05) is 23.7 Å². The van der Waals surface area contributed by atoms with Crippen molar-refractivity contribution in [1.82, 2.24) is 4.98 Å². The number of nitrogens with one attached hydrogen (secondary N) is 1. The molecule has 4 rings (SSSR count). The number of carbonyl (C=O) groups excluding carboxylic acids is 1. The second kappa shape index (κ2) is 4.86. The summed E-state index contributed by atoms with van der Waals surface area (Å²) >= 11 is 6.14. The van der Waals surface area contributed by atoms with Crippen LogP contribution in [0.1, 0.15) is 16.1 Å². The molecular formula is C17H11ClN2O3. The van der Waals surface area contributed by atoms with Gasteiger partial charge in [-0.15, -0.1) is 0 Å². The van der Waals surface area contributed by atoms with Gasteiger partial charge in [0.05, 0.1) is 28.9 Å². The maximum Gasteiger partial charge on any atom is 0.219 e. The lowest BCUT2D eigenvalue weighted by Gasteiger charge is -2.04. The molecule has 0 saturated heterocycles. The summed E-state index contributed by atoms with van der Waals surface area (Å²) < 4.78 is 5.23. The standard InChI is InChI=1S/C17H11ClN2O3/c1-23-11-7-3-6-10-12(11)17(22)15(19-10)14-16(21)8-4-2-5-9(18)13(8)20-14/h2-7,20-21H,1H3. The van der Waals surface area contributed by atoms with E-state index in [-0.39, 0.29) is 22.9 Å². The third-order valence-corrected chi connectivity index (χ3v) is 4.21. The van der Waals surface area contributed by atoms with Crippen LogP contribution in [0, 0.1) is 0 Å². The molecule has 5 nitrogen and oxygen atoms in total. The van der Waals surface area contributed by atoms with Crippen molar-refractivity contribution in [2.24, 2.45) is 4.99 Å². The SMILES string of the molecule is COc1cccc2c1C(=O)C(c1[nH]c3c(Cl)cccc3c1O)=N2. The number of aromatic nitrogens is 1. The van der Waals surface area contributed by atoms with Gasteiger partial charge in [-0.3, -0.25) is 4.79 Å². The summed E-state index contributed by atoms with van der Waals surface area (Å²) in [5, 5.41) is 11.5. The van der Waals surface area contributed by atoms with Crippen LogP contribution in [0.5, 0.6) is 11.5 Å². The van der Waals surface area contributed by atoms with Crippen LogP contribution in [0.15, 0.2) is 41.4 Å². The molecule has 0 saturated carbocycles. The van der Waals surface area contributed by atoms with Crippen LogP contribution in [0.3, 0.4) is 0 Å². The molecule has 1 aliphatic heterocycles. The molecule has 2 N–H and O–H groups in total. The molecule has 114 valence electrons. The van der Waals surface area contributed by atoms with Crippen molar-refractivity contribution in [1.29, 1.82) is 0 Å². The number of hydrogen-bond donors (Lipinski definition) is 2. The zero-order valence-electron chi connectivity index (χ0n) is 12.1. The van der Waals surface area contributed by atoms with Crippen LogP contribution in [0.25, 0.3) is 10.9 Å². The van der Waals surface area contributed by atoms with E-state index in [1.807, 2.05) is 0 Å². The van der Waals surface area contributed by atoms with Gasteiger partial charge >= 0.3 is 0 Å². The fraction of sp³-hybridized carbons (Fsp3) is 0.0588.